The van der Waals surface area contributed by atoms with E-state index in [0.717, 1.165) is 29.2 Å². The van der Waals surface area contributed by atoms with Gasteiger partial charge in [0, 0.05) is 0 Å². The molecule has 1 atom stereocenters. The highest BCUT2D eigenvalue weighted by Crippen LogP contribution is 2.37. The Morgan fingerprint density at radius 1 is 1.17 bits per heavy atom. The van der Waals surface area contributed by atoms with Crippen LogP contribution in [0.3, 0.4) is 0 Å². The van der Waals surface area contributed by atoms with Crippen LogP contribution in [-0.2, 0) is 20.5 Å². The van der Waals surface area contributed by atoms with Gasteiger partial charge in [0.2, 0.25) is 5.91 Å². The number of alkyl halides is 3. The zero-order chi connectivity index (χ0) is 22.2. The first-order valence-corrected chi connectivity index (χ1v) is 8.77. The molecule has 0 aromatic heterocycles. The highest BCUT2D eigenvalue weighted by atomic mass is 19.4. The summed E-state index contributed by atoms with van der Waals surface area (Å²) >= 11 is 0. The predicted molar refractivity (Wildman–Crippen MR) is 98.4 cm³/mol. The third-order valence-corrected chi connectivity index (χ3v) is 4.51. The third-order valence-electron chi connectivity index (χ3n) is 4.51. The van der Waals surface area contributed by atoms with Crippen molar-refractivity contribution < 1.29 is 36.7 Å². The average Bonchev–Trinajstić information content (AvgIpc) is 2.67. The van der Waals surface area contributed by atoms with E-state index in [1.165, 1.54) is 19.1 Å². The van der Waals surface area contributed by atoms with Gasteiger partial charge in [0.25, 0.3) is 5.91 Å². The maximum atomic E-state index is 13.4. The Bertz CT molecular complexity index is 1040. The lowest BCUT2D eigenvalue weighted by atomic mass is 10.1. The van der Waals surface area contributed by atoms with E-state index >= 15 is 0 Å². The minimum absolute atomic E-state index is 0.0393. The van der Waals surface area contributed by atoms with Crippen molar-refractivity contribution in [3.8, 4) is 0 Å². The standard InChI is InChI=1S/C20H16F4N2O4/c1-10-3-5-13(21)8-14(10)19(29)30-11(2)18(28)26-9-17(27)25-15-7-12(20(22,23)24)4-6-16(15)26/h3-8,11H,9H2,1-2H3,(H,25,27). The van der Waals surface area contributed by atoms with Gasteiger partial charge in [0.1, 0.15) is 12.4 Å². The van der Waals surface area contributed by atoms with Crippen molar-refractivity contribution >= 4 is 29.2 Å². The molecule has 2 amide bonds. The molecule has 0 saturated heterocycles. The zero-order valence-electron chi connectivity index (χ0n) is 15.8. The van der Waals surface area contributed by atoms with E-state index < -0.39 is 48.0 Å². The number of esters is 1. The summed E-state index contributed by atoms with van der Waals surface area (Å²) in [6.45, 7) is 2.36. The number of benzene rings is 2. The molecule has 0 fully saturated rings. The van der Waals surface area contributed by atoms with Crippen molar-refractivity contribution in [2.45, 2.75) is 26.1 Å². The fourth-order valence-corrected chi connectivity index (χ4v) is 2.97. The number of carbonyl (C=O) groups is 3. The van der Waals surface area contributed by atoms with E-state index in [4.69, 9.17) is 4.74 Å². The predicted octanol–water partition coefficient (Wildman–Crippen LogP) is 3.68. The van der Waals surface area contributed by atoms with Crippen molar-refractivity contribution in [1.29, 1.82) is 0 Å². The molecule has 0 saturated carbocycles. The van der Waals surface area contributed by atoms with Gasteiger partial charge in [-0.3, -0.25) is 14.5 Å². The molecule has 1 heterocycles. The molecule has 2 aromatic rings. The van der Waals surface area contributed by atoms with Crippen LogP contribution >= 0.6 is 0 Å². The molecule has 0 spiro atoms. The molecule has 1 N–H and O–H groups in total. The molecule has 0 aliphatic carbocycles. The lowest BCUT2D eigenvalue weighted by Crippen LogP contribution is -2.47. The molecule has 2 aromatic carbocycles. The molecule has 0 bridgehead atoms. The Balaban J connectivity index is 1.84. The summed E-state index contributed by atoms with van der Waals surface area (Å²) in [6, 6.07) is 6.07. The number of carbonyl (C=O) groups excluding carboxylic acids is 3. The van der Waals surface area contributed by atoms with Crippen molar-refractivity contribution in [2.24, 2.45) is 0 Å². The van der Waals surface area contributed by atoms with Crippen LogP contribution in [0, 0.1) is 12.7 Å². The molecule has 6 nitrogen and oxygen atoms in total. The maximum Gasteiger partial charge on any atom is 0.416 e. The molecular formula is C20H16F4N2O4. The fraction of sp³-hybridized carbons (Fsp3) is 0.250. The number of anilines is 2. The van der Waals surface area contributed by atoms with Crippen LogP contribution < -0.4 is 10.2 Å². The van der Waals surface area contributed by atoms with E-state index in [1.807, 2.05) is 0 Å². The molecule has 1 aliphatic heterocycles. The molecule has 1 aliphatic rings. The first-order valence-electron chi connectivity index (χ1n) is 8.77. The van der Waals surface area contributed by atoms with Crippen LogP contribution in [0.15, 0.2) is 36.4 Å². The number of nitrogens with zero attached hydrogens (tertiary/aromatic N) is 1. The molecule has 0 radical (unpaired) electrons. The number of rotatable bonds is 3. The summed E-state index contributed by atoms with van der Waals surface area (Å²) in [5, 5.41) is 2.29. The second kappa shape index (κ2) is 7.77. The molecule has 1 unspecified atom stereocenters. The smallest absolute Gasteiger partial charge is 0.416 e. The van der Waals surface area contributed by atoms with E-state index in [-0.39, 0.29) is 16.9 Å². The average molecular weight is 424 g/mol. The Hall–Kier alpha value is -3.43. The summed E-state index contributed by atoms with van der Waals surface area (Å²) in [6.07, 6.45) is -6.00. The lowest BCUT2D eigenvalue weighted by molar-refractivity contribution is -0.137. The number of nitrogens with one attached hydrogen (secondary N) is 1. The summed E-state index contributed by atoms with van der Waals surface area (Å²) < 4.78 is 57.3. The zero-order valence-corrected chi connectivity index (χ0v) is 15.8. The number of hydrogen-bond donors (Lipinski definition) is 1. The minimum Gasteiger partial charge on any atom is -0.449 e. The van der Waals surface area contributed by atoms with Gasteiger partial charge in [-0.1, -0.05) is 6.07 Å². The van der Waals surface area contributed by atoms with E-state index in [1.54, 1.807) is 6.92 Å². The maximum absolute atomic E-state index is 13.4. The molecule has 158 valence electrons. The van der Waals surface area contributed by atoms with Gasteiger partial charge >= 0.3 is 12.1 Å². The summed E-state index contributed by atoms with van der Waals surface area (Å²) in [5.41, 5.74) is -0.770. The largest absolute Gasteiger partial charge is 0.449 e. The van der Waals surface area contributed by atoms with E-state index in [2.05, 4.69) is 5.32 Å². The van der Waals surface area contributed by atoms with Gasteiger partial charge in [0.05, 0.1) is 22.5 Å². The molecule has 10 heteroatoms. The Labute approximate surface area is 168 Å². The van der Waals surface area contributed by atoms with Crippen LogP contribution in [-0.4, -0.2) is 30.4 Å². The summed E-state index contributed by atoms with van der Waals surface area (Å²) in [5.74, 6) is -3.11. The number of fused-ring (bicyclic) bond motifs is 1. The lowest BCUT2D eigenvalue weighted by Gasteiger charge is -2.31. The SMILES string of the molecule is Cc1ccc(F)cc1C(=O)OC(C)C(=O)N1CC(=O)Nc2cc(C(F)(F)F)ccc21. The number of aryl methyl sites for hydroxylation is 1. The Morgan fingerprint density at radius 2 is 1.87 bits per heavy atom. The van der Waals surface area contributed by atoms with Crippen LogP contribution in [0.4, 0.5) is 28.9 Å². The van der Waals surface area contributed by atoms with Crippen molar-refractivity contribution in [3.63, 3.8) is 0 Å². The third kappa shape index (κ3) is 4.27. The number of halogens is 4. The summed E-state index contributed by atoms with van der Waals surface area (Å²) in [7, 11) is 0. The Kier molecular flexibility index (Phi) is 5.51. The monoisotopic (exact) mass is 424 g/mol. The second-order valence-electron chi connectivity index (χ2n) is 6.71. The minimum atomic E-state index is -4.63. The van der Waals surface area contributed by atoms with Gasteiger partial charge in [-0.15, -0.1) is 0 Å². The van der Waals surface area contributed by atoms with E-state index in [0.29, 0.717) is 5.56 Å². The summed E-state index contributed by atoms with van der Waals surface area (Å²) in [4.78, 5) is 37.9. The van der Waals surface area contributed by atoms with E-state index in [9.17, 15) is 31.9 Å². The van der Waals surface area contributed by atoms with Crippen molar-refractivity contribution in [3.05, 3.63) is 58.9 Å². The quantitative estimate of drug-likeness (QED) is 0.603. The highest BCUT2D eigenvalue weighted by molar-refractivity contribution is 6.11. The Morgan fingerprint density at radius 3 is 2.53 bits per heavy atom. The van der Waals surface area contributed by atoms with Crippen molar-refractivity contribution in [1.82, 2.24) is 0 Å². The first-order chi connectivity index (χ1) is 14.0. The van der Waals surface area contributed by atoms with Gasteiger partial charge in [-0.2, -0.15) is 13.2 Å². The van der Waals surface area contributed by atoms with Gasteiger partial charge in [0.15, 0.2) is 6.10 Å². The van der Waals surface area contributed by atoms with Crippen molar-refractivity contribution in [2.75, 3.05) is 16.8 Å². The molecule has 3 rings (SSSR count). The molecular weight excluding hydrogens is 408 g/mol. The first kappa shape index (κ1) is 21.3. The van der Waals surface area contributed by atoms with Crippen LogP contribution in [0.5, 0.6) is 0 Å². The van der Waals surface area contributed by atoms with Crippen LogP contribution in [0.1, 0.15) is 28.4 Å². The highest BCUT2D eigenvalue weighted by Gasteiger charge is 2.35. The van der Waals surface area contributed by atoms with Gasteiger partial charge in [-0.25, -0.2) is 9.18 Å². The molecule has 30 heavy (non-hydrogen) atoms. The van der Waals surface area contributed by atoms with Crippen LogP contribution in [0.25, 0.3) is 0 Å². The van der Waals surface area contributed by atoms with Crippen LogP contribution in [0.2, 0.25) is 0 Å². The topological polar surface area (TPSA) is 75.7 Å². The van der Waals surface area contributed by atoms with Gasteiger partial charge < -0.3 is 10.1 Å². The number of amides is 2. The fourth-order valence-electron chi connectivity index (χ4n) is 2.97. The number of ether oxygens (including phenoxy) is 1. The number of hydrogen-bond acceptors (Lipinski definition) is 4. The normalized spacial score (nSPS) is 14.6. The van der Waals surface area contributed by atoms with Gasteiger partial charge in [-0.05, 0) is 49.7 Å². The second-order valence-corrected chi connectivity index (χ2v) is 6.71.